The summed E-state index contributed by atoms with van der Waals surface area (Å²) in [6.07, 6.45) is 9.73. The smallest absolute Gasteiger partial charge is 0.226 e. The first kappa shape index (κ1) is 20.8. The summed E-state index contributed by atoms with van der Waals surface area (Å²) in [6, 6.07) is 8.68. The molecular formula is C26H37N3O2. The highest BCUT2D eigenvalue weighted by Gasteiger charge is 2.54. The predicted octanol–water partition coefficient (Wildman–Crippen LogP) is 4.14. The van der Waals surface area contributed by atoms with Gasteiger partial charge in [0.1, 0.15) is 0 Å². The average Bonchev–Trinajstić information content (AvgIpc) is 3.23. The molecule has 2 amide bonds. The van der Waals surface area contributed by atoms with E-state index in [0.717, 1.165) is 56.4 Å². The number of rotatable bonds is 6. The van der Waals surface area contributed by atoms with Crippen LogP contribution in [0.5, 0.6) is 0 Å². The first-order chi connectivity index (χ1) is 14.9. The molecule has 5 aliphatic rings. The first-order valence-corrected chi connectivity index (χ1v) is 12.3. The van der Waals surface area contributed by atoms with E-state index in [1.54, 1.807) is 0 Å². The number of benzene rings is 1. The van der Waals surface area contributed by atoms with Crippen LogP contribution in [0.2, 0.25) is 0 Å². The summed E-state index contributed by atoms with van der Waals surface area (Å²) in [5.41, 5.74) is 2.26. The Bertz CT molecular complexity index is 814. The Kier molecular flexibility index (Phi) is 5.47. The summed E-state index contributed by atoms with van der Waals surface area (Å²) < 4.78 is 0. The molecule has 1 aromatic carbocycles. The summed E-state index contributed by atoms with van der Waals surface area (Å²) in [5, 5.41) is 3.18. The van der Waals surface area contributed by atoms with Gasteiger partial charge in [-0.05, 0) is 86.8 Å². The summed E-state index contributed by atoms with van der Waals surface area (Å²) >= 11 is 0. The van der Waals surface area contributed by atoms with Crippen LogP contribution in [0.15, 0.2) is 24.3 Å². The largest absolute Gasteiger partial charge is 0.378 e. The summed E-state index contributed by atoms with van der Waals surface area (Å²) in [6.45, 7) is 1.29. The first-order valence-electron chi connectivity index (χ1n) is 12.3. The van der Waals surface area contributed by atoms with E-state index in [1.807, 2.05) is 19.0 Å². The lowest BCUT2D eigenvalue weighted by Gasteiger charge is -2.55. The van der Waals surface area contributed by atoms with E-state index < -0.39 is 0 Å². The number of carbonyl (C=O) groups is 2. The fraction of sp³-hybridized carbons (Fsp3) is 0.692. The fourth-order valence-electron chi connectivity index (χ4n) is 7.42. The second-order valence-electron chi connectivity index (χ2n) is 10.9. The molecule has 5 nitrogen and oxygen atoms in total. The molecule has 31 heavy (non-hydrogen) atoms. The zero-order valence-corrected chi connectivity index (χ0v) is 19.1. The molecule has 5 fully saturated rings. The Morgan fingerprint density at radius 1 is 1.10 bits per heavy atom. The molecule has 1 heterocycles. The number of anilines is 1. The van der Waals surface area contributed by atoms with Crippen molar-refractivity contribution in [2.45, 2.75) is 63.8 Å². The molecule has 0 aromatic heterocycles. The number of carbonyl (C=O) groups excluding carboxylic acids is 2. The van der Waals surface area contributed by atoms with Gasteiger partial charge in [-0.15, -0.1) is 0 Å². The van der Waals surface area contributed by atoms with Gasteiger partial charge >= 0.3 is 0 Å². The monoisotopic (exact) mass is 423 g/mol. The number of hydrogen-bond acceptors (Lipinski definition) is 3. The molecule has 6 rings (SSSR count). The third-order valence-corrected chi connectivity index (χ3v) is 8.49. The SMILES string of the molecule is CN(C)c1cccc(C2CCCN2C(=O)CCNC(=O)C23CC4CC(CC(C4)C2)C3)c1. The van der Waals surface area contributed by atoms with Crippen molar-refractivity contribution in [1.82, 2.24) is 10.2 Å². The van der Waals surface area contributed by atoms with Crippen molar-refractivity contribution < 1.29 is 9.59 Å². The van der Waals surface area contributed by atoms with Crippen LogP contribution in [0.1, 0.15) is 69.4 Å². The molecule has 1 aliphatic heterocycles. The number of amides is 2. The molecule has 1 N–H and O–H groups in total. The van der Waals surface area contributed by atoms with Crippen LogP contribution >= 0.6 is 0 Å². The van der Waals surface area contributed by atoms with E-state index in [-0.39, 0.29) is 23.3 Å². The fourth-order valence-corrected chi connectivity index (χ4v) is 7.42. The molecule has 4 saturated carbocycles. The molecule has 1 atom stereocenters. The molecule has 1 aromatic rings. The minimum Gasteiger partial charge on any atom is -0.378 e. The van der Waals surface area contributed by atoms with Crippen LogP contribution in [-0.2, 0) is 9.59 Å². The summed E-state index contributed by atoms with van der Waals surface area (Å²) in [5.74, 6) is 2.70. The van der Waals surface area contributed by atoms with Crippen molar-refractivity contribution in [3.05, 3.63) is 29.8 Å². The Labute approximate surface area is 186 Å². The molecule has 0 radical (unpaired) electrons. The maximum atomic E-state index is 13.1. The third kappa shape index (κ3) is 3.96. The van der Waals surface area contributed by atoms with Gasteiger partial charge in [-0.1, -0.05) is 12.1 Å². The second-order valence-corrected chi connectivity index (χ2v) is 10.9. The van der Waals surface area contributed by atoms with Gasteiger partial charge in [0.25, 0.3) is 0 Å². The van der Waals surface area contributed by atoms with E-state index in [1.165, 1.54) is 30.5 Å². The van der Waals surface area contributed by atoms with Gasteiger partial charge in [0.15, 0.2) is 0 Å². The summed E-state index contributed by atoms with van der Waals surface area (Å²) in [4.78, 5) is 30.3. The van der Waals surface area contributed by atoms with E-state index in [4.69, 9.17) is 0 Å². The number of hydrogen-bond donors (Lipinski definition) is 1. The van der Waals surface area contributed by atoms with Crippen LogP contribution in [0.25, 0.3) is 0 Å². The molecule has 1 saturated heterocycles. The van der Waals surface area contributed by atoms with Gasteiger partial charge < -0.3 is 15.1 Å². The third-order valence-electron chi connectivity index (χ3n) is 8.49. The van der Waals surface area contributed by atoms with Crippen LogP contribution in [0, 0.1) is 23.2 Å². The Morgan fingerprint density at radius 3 is 2.42 bits per heavy atom. The van der Waals surface area contributed by atoms with Crippen LogP contribution in [0.3, 0.4) is 0 Å². The number of nitrogens with zero attached hydrogens (tertiary/aromatic N) is 2. The lowest BCUT2D eigenvalue weighted by molar-refractivity contribution is -0.146. The van der Waals surface area contributed by atoms with Gasteiger partial charge in [0.05, 0.1) is 6.04 Å². The maximum Gasteiger partial charge on any atom is 0.226 e. The lowest BCUT2D eigenvalue weighted by atomic mass is 9.49. The van der Waals surface area contributed by atoms with Crippen molar-refractivity contribution in [2.24, 2.45) is 23.2 Å². The van der Waals surface area contributed by atoms with Crippen LogP contribution < -0.4 is 10.2 Å². The average molecular weight is 424 g/mol. The van der Waals surface area contributed by atoms with Gasteiger partial charge in [-0.3, -0.25) is 9.59 Å². The van der Waals surface area contributed by atoms with E-state index in [2.05, 4.69) is 34.5 Å². The summed E-state index contributed by atoms with van der Waals surface area (Å²) in [7, 11) is 4.09. The lowest BCUT2D eigenvalue weighted by Crippen LogP contribution is -2.53. The number of likely N-dealkylation sites (tertiary alicyclic amines) is 1. The Hall–Kier alpha value is -2.04. The van der Waals surface area contributed by atoms with Crippen molar-refractivity contribution >= 4 is 17.5 Å². The van der Waals surface area contributed by atoms with Crippen LogP contribution in [-0.4, -0.2) is 43.9 Å². The zero-order valence-electron chi connectivity index (χ0n) is 19.1. The zero-order chi connectivity index (χ0) is 21.6. The van der Waals surface area contributed by atoms with Crippen molar-refractivity contribution in [1.29, 1.82) is 0 Å². The van der Waals surface area contributed by atoms with E-state index in [0.29, 0.717) is 13.0 Å². The second kappa shape index (κ2) is 8.14. The van der Waals surface area contributed by atoms with Gasteiger partial charge in [0, 0.05) is 44.7 Å². The Morgan fingerprint density at radius 2 is 1.77 bits per heavy atom. The van der Waals surface area contributed by atoms with E-state index >= 15 is 0 Å². The minimum absolute atomic E-state index is 0.124. The van der Waals surface area contributed by atoms with Crippen LogP contribution in [0.4, 0.5) is 5.69 Å². The normalized spacial score (nSPS) is 33.5. The minimum atomic E-state index is -0.124. The molecule has 0 spiro atoms. The van der Waals surface area contributed by atoms with Crippen molar-refractivity contribution in [3.8, 4) is 0 Å². The molecule has 4 aliphatic carbocycles. The molecular weight excluding hydrogens is 386 g/mol. The standard InChI is InChI=1S/C26H37N3O2/c1-28(2)22-6-3-5-21(14-22)23-7-4-10-29(23)24(30)8-9-27-25(31)26-15-18-11-19(16-26)13-20(12-18)17-26/h3,5-6,14,18-20,23H,4,7-13,15-17H2,1-2H3,(H,27,31). The highest BCUT2D eigenvalue weighted by Crippen LogP contribution is 2.60. The Balaban J connectivity index is 1.17. The number of nitrogens with one attached hydrogen (secondary N) is 1. The van der Waals surface area contributed by atoms with Gasteiger partial charge in [0.2, 0.25) is 11.8 Å². The highest BCUT2D eigenvalue weighted by molar-refractivity contribution is 5.84. The quantitative estimate of drug-likeness (QED) is 0.748. The van der Waals surface area contributed by atoms with Crippen molar-refractivity contribution in [2.75, 3.05) is 32.1 Å². The topological polar surface area (TPSA) is 52.6 Å². The molecule has 5 heteroatoms. The van der Waals surface area contributed by atoms with Crippen molar-refractivity contribution in [3.63, 3.8) is 0 Å². The maximum absolute atomic E-state index is 13.1. The van der Waals surface area contributed by atoms with Gasteiger partial charge in [-0.25, -0.2) is 0 Å². The molecule has 168 valence electrons. The molecule has 1 unspecified atom stereocenters. The van der Waals surface area contributed by atoms with E-state index in [9.17, 15) is 9.59 Å². The highest BCUT2D eigenvalue weighted by atomic mass is 16.2. The van der Waals surface area contributed by atoms with Gasteiger partial charge in [-0.2, -0.15) is 0 Å². The predicted molar refractivity (Wildman–Crippen MR) is 123 cm³/mol. The molecule has 4 bridgehead atoms.